The van der Waals surface area contributed by atoms with Crippen LogP contribution in [0.2, 0.25) is 0 Å². The number of carbonyl (C=O) groups is 2. The smallest absolute Gasteiger partial charge is 0.243 e. The van der Waals surface area contributed by atoms with Gasteiger partial charge >= 0.3 is 0 Å². The molecular weight excluding hydrogens is 745 g/mol. The minimum Gasteiger partial charge on any atom is -0.353 e. The maximum absolute atomic E-state index is 14.9. The number of nitrogens with zero attached hydrogens (tertiary/aromatic N) is 4. The maximum Gasteiger partial charge on any atom is 0.243 e. The lowest BCUT2D eigenvalue weighted by Gasteiger charge is -2.36. The quantitative estimate of drug-likeness (QED) is 0.133. The van der Waals surface area contributed by atoms with Gasteiger partial charge in [0, 0.05) is 25.2 Å². The minimum absolute atomic E-state index is 0.000558. The summed E-state index contributed by atoms with van der Waals surface area (Å²) in [7, 11) is 0. The van der Waals surface area contributed by atoms with E-state index < -0.39 is 12.1 Å². The molecule has 60 heavy (non-hydrogen) atoms. The van der Waals surface area contributed by atoms with Gasteiger partial charge in [0.2, 0.25) is 11.8 Å². The molecule has 2 aromatic rings. The van der Waals surface area contributed by atoms with Gasteiger partial charge in [-0.1, -0.05) is 138 Å². The number of likely N-dealkylation sites (tertiary alicyclic amines) is 2. The topological polar surface area (TPSA) is 113 Å². The van der Waals surface area contributed by atoms with Crippen molar-refractivity contribution in [1.82, 2.24) is 31.1 Å². The van der Waals surface area contributed by atoms with Gasteiger partial charge in [-0.05, 0) is 88.2 Å². The van der Waals surface area contributed by atoms with Crippen molar-refractivity contribution in [2.24, 2.45) is 9.98 Å². The van der Waals surface area contributed by atoms with Crippen molar-refractivity contribution in [1.29, 1.82) is 0 Å². The first-order valence-electron chi connectivity index (χ1n) is 24.5. The lowest BCUT2D eigenvalue weighted by Crippen LogP contribution is -2.55. The van der Waals surface area contributed by atoms with Gasteiger partial charge in [-0.15, -0.1) is 0 Å². The van der Waals surface area contributed by atoms with Crippen molar-refractivity contribution in [3.8, 4) is 0 Å². The van der Waals surface area contributed by atoms with E-state index in [1.54, 1.807) is 0 Å². The summed E-state index contributed by atoms with van der Waals surface area (Å²) in [6.07, 6.45) is 27.6. The molecule has 8 rings (SSSR count). The van der Waals surface area contributed by atoms with Crippen LogP contribution in [0.4, 0.5) is 0 Å². The van der Waals surface area contributed by atoms with Gasteiger partial charge in [-0.2, -0.15) is 0 Å². The Bertz CT molecular complexity index is 1570. The van der Waals surface area contributed by atoms with Crippen molar-refractivity contribution in [2.75, 3.05) is 13.1 Å². The number of hydrogen-bond acceptors (Lipinski definition) is 4. The van der Waals surface area contributed by atoms with Gasteiger partial charge in [-0.3, -0.25) is 9.59 Å². The molecule has 10 heteroatoms. The van der Waals surface area contributed by atoms with Gasteiger partial charge in [0.15, 0.2) is 11.9 Å². The van der Waals surface area contributed by atoms with Crippen molar-refractivity contribution in [2.45, 2.75) is 202 Å². The summed E-state index contributed by atoms with van der Waals surface area (Å²) in [4.78, 5) is 45.3. The van der Waals surface area contributed by atoms with Crippen molar-refractivity contribution < 1.29 is 9.59 Å². The van der Waals surface area contributed by atoms with Gasteiger partial charge in [-0.25, -0.2) is 9.98 Å². The van der Waals surface area contributed by atoms with Crippen LogP contribution >= 0.6 is 0 Å². The molecule has 0 bridgehead atoms. The molecule has 6 aliphatic rings. The molecule has 2 aromatic carbocycles. The molecule has 4 N–H and O–H groups in total. The molecule has 2 heterocycles. The summed E-state index contributed by atoms with van der Waals surface area (Å²) in [6, 6.07) is 20.3. The molecule has 326 valence electrons. The summed E-state index contributed by atoms with van der Waals surface area (Å²) < 4.78 is 0. The highest BCUT2D eigenvalue weighted by Crippen LogP contribution is 2.33. The molecule has 2 amide bonds. The van der Waals surface area contributed by atoms with Crippen molar-refractivity contribution in [3.63, 3.8) is 0 Å². The van der Waals surface area contributed by atoms with E-state index in [-0.39, 0.29) is 23.9 Å². The Hall–Kier alpha value is -4.08. The van der Waals surface area contributed by atoms with Crippen LogP contribution in [-0.2, 0) is 9.59 Å². The summed E-state index contributed by atoms with van der Waals surface area (Å²) in [5.74, 6) is 1.87. The largest absolute Gasteiger partial charge is 0.353 e. The maximum atomic E-state index is 14.9. The van der Waals surface area contributed by atoms with Gasteiger partial charge in [0.1, 0.15) is 12.1 Å². The second kappa shape index (κ2) is 21.6. The molecule has 4 unspecified atom stereocenters. The molecule has 4 atom stereocenters. The summed E-state index contributed by atoms with van der Waals surface area (Å²) in [5.41, 5.74) is 1.95. The molecule has 10 nitrogen and oxygen atoms in total. The van der Waals surface area contributed by atoms with E-state index in [1.807, 2.05) is 36.4 Å². The Kier molecular flexibility index (Phi) is 15.4. The lowest BCUT2D eigenvalue weighted by molar-refractivity contribution is -0.128. The highest BCUT2D eigenvalue weighted by molar-refractivity contribution is 5.91. The average Bonchev–Trinajstić information content (AvgIpc) is 4.01. The third kappa shape index (κ3) is 11.2. The fourth-order valence-corrected chi connectivity index (χ4v) is 11.1. The fraction of sp³-hybridized carbons (Fsp3) is 0.680. The van der Waals surface area contributed by atoms with Crippen LogP contribution < -0.4 is 21.3 Å². The van der Waals surface area contributed by atoms with E-state index in [2.05, 4.69) is 55.3 Å². The predicted octanol–water partition coefficient (Wildman–Crippen LogP) is 8.85. The highest BCUT2D eigenvalue weighted by Gasteiger charge is 2.40. The third-order valence-electron chi connectivity index (χ3n) is 14.5. The van der Waals surface area contributed by atoms with E-state index in [4.69, 9.17) is 9.98 Å². The van der Waals surface area contributed by atoms with Gasteiger partial charge in [0.05, 0.1) is 24.2 Å². The number of guanidine groups is 2. The summed E-state index contributed by atoms with van der Waals surface area (Å²) in [5, 5.41) is 15.0. The van der Waals surface area contributed by atoms with Crippen LogP contribution in [0.3, 0.4) is 0 Å². The molecule has 0 aromatic heterocycles. The zero-order valence-electron chi connectivity index (χ0n) is 36.4. The molecule has 2 saturated heterocycles. The van der Waals surface area contributed by atoms with E-state index >= 15 is 0 Å². The first kappa shape index (κ1) is 42.6. The lowest BCUT2D eigenvalue weighted by atomic mass is 9.92. The van der Waals surface area contributed by atoms with Crippen molar-refractivity contribution >= 4 is 23.7 Å². The van der Waals surface area contributed by atoms with Crippen molar-refractivity contribution in [3.05, 3.63) is 71.8 Å². The Labute approximate surface area is 360 Å². The van der Waals surface area contributed by atoms with Crippen LogP contribution in [0, 0.1) is 0 Å². The fourth-order valence-electron chi connectivity index (χ4n) is 11.1. The normalized spacial score (nSPS) is 25.5. The standard InChI is InChI=1S/C50H74N8O2/c59-47(43-33-19-35-57(43)49(51-39-25-11-3-12-26-39)52-40-27-13-4-14-28-40)55-45(37-21-7-1-8-22-37)46(38-23-9-2-10-24-38)56-48(60)44-34-20-36-58(44)50(53-41-29-15-5-16-30-41)54-42-31-17-6-18-32-42/h1-2,7-10,21-24,39-46H,3-6,11-20,25-36H2,(H,51,52)(H,53,54)(H,55,59)(H,56,60). The number of nitrogens with one attached hydrogen (secondary N) is 4. The molecule has 2 aliphatic heterocycles. The Balaban J connectivity index is 1.06. The van der Waals surface area contributed by atoms with Crippen LogP contribution in [-0.4, -0.2) is 82.9 Å². The number of amides is 2. The first-order valence-corrected chi connectivity index (χ1v) is 24.5. The number of carbonyl (C=O) groups excluding carboxylic acids is 2. The first-order chi connectivity index (χ1) is 29.6. The molecule has 6 fully saturated rings. The number of rotatable bonds is 11. The van der Waals surface area contributed by atoms with E-state index in [0.717, 1.165) is 113 Å². The third-order valence-corrected chi connectivity index (χ3v) is 14.5. The van der Waals surface area contributed by atoms with E-state index in [9.17, 15) is 9.59 Å². The Morgan fingerprint density at radius 2 is 0.800 bits per heavy atom. The summed E-state index contributed by atoms with van der Waals surface area (Å²) in [6.45, 7) is 1.63. The Morgan fingerprint density at radius 3 is 1.17 bits per heavy atom. The van der Waals surface area contributed by atoms with Crippen LogP contribution in [0.25, 0.3) is 0 Å². The van der Waals surface area contributed by atoms with Crippen LogP contribution in [0.1, 0.15) is 177 Å². The molecule has 0 spiro atoms. The minimum atomic E-state index is -0.483. The number of aliphatic imine (C=N–C) groups is 2. The summed E-state index contributed by atoms with van der Waals surface area (Å²) >= 11 is 0. The van der Waals surface area contributed by atoms with Gasteiger partial charge in [0.25, 0.3) is 0 Å². The van der Waals surface area contributed by atoms with E-state index in [0.29, 0.717) is 24.2 Å². The number of hydrogen-bond donors (Lipinski definition) is 4. The Morgan fingerprint density at radius 1 is 0.450 bits per heavy atom. The van der Waals surface area contributed by atoms with Crippen LogP contribution in [0.5, 0.6) is 0 Å². The zero-order chi connectivity index (χ0) is 40.9. The van der Waals surface area contributed by atoms with Crippen LogP contribution in [0.15, 0.2) is 70.6 Å². The second-order valence-electron chi connectivity index (χ2n) is 18.9. The monoisotopic (exact) mass is 819 g/mol. The SMILES string of the molecule is O=C(NC(c1ccccc1)C(NC(=O)C1CCCN1C(=NC1CCCCC1)NC1CCCCC1)c1ccccc1)C1CCCN1C(=NC1CCCCC1)NC1CCCCC1. The molecule has 0 radical (unpaired) electrons. The average molecular weight is 819 g/mol. The zero-order valence-corrected chi connectivity index (χ0v) is 36.4. The second-order valence-corrected chi connectivity index (χ2v) is 18.9. The molecular formula is C50H74N8O2. The van der Waals surface area contributed by atoms with Gasteiger partial charge < -0.3 is 31.1 Å². The molecule has 4 aliphatic carbocycles. The number of benzene rings is 2. The predicted molar refractivity (Wildman–Crippen MR) is 243 cm³/mol. The highest BCUT2D eigenvalue weighted by atomic mass is 16.2. The van der Waals surface area contributed by atoms with E-state index in [1.165, 1.54) is 77.0 Å². The molecule has 4 saturated carbocycles.